The van der Waals surface area contributed by atoms with Crippen LogP contribution in [0.2, 0.25) is 0 Å². The number of hydrogen-bond donors (Lipinski definition) is 1. The van der Waals surface area contributed by atoms with Crippen LogP contribution in [0, 0.1) is 29.6 Å². The first-order valence-corrected chi connectivity index (χ1v) is 12.9. The van der Waals surface area contributed by atoms with Gasteiger partial charge >= 0.3 is 0 Å². The Kier molecular flexibility index (Phi) is 5.94. The fraction of sp³-hybridized carbons (Fsp3) is 0.300. The first-order chi connectivity index (χ1) is 16.7. The number of aromatic nitrogens is 1. The Morgan fingerprint density at radius 2 is 1.94 bits per heavy atom. The van der Waals surface area contributed by atoms with Gasteiger partial charge in [-0.15, -0.1) is 11.3 Å². The first kappa shape index (κ1) is 23.3. The predicted molar refractivity (Wildman–Crippen MR) is 144 cm³/mol. The fourth-order valence-corrected chi connectivity index (χ4v) is 6.29. The Labute approximate surface area is 210 Å². The molecular formula is C30H29N3OS. The maximum absolute atomic E-state index is 13.6. The minimum Gasteiger partial charge on any atom is -0.312 e. The Morgan fingerprint density at radius 3 is 2.69 bits per heavy atom. The van der Waals surface area contributed by atoms with Gasteiger partial charge in [0.05, 0.1) is 22.3 Å². The zero-order chi connectivity index (χ0) is 24.7. The van der Waals surface area contributed by atoms with Gasteiger partial charge in [-0.2, -0.15) is 5.26 Å². The van der Waals surface area contributed by atoms with Crippen LogP contribution in [0.15, 0.2) is 54.6 Å². The highest BCUT2D eigenvalue weighted by Crippen LogP contribution is 2.44. The summed E-state index contributed by atoms with van der Waals surface area (Å²) in [5, 5.41) is 14.5. The van der Waals surface area contributed by atoms with Crippen LogP contribution in [0.3, 0.4) is 0 Å². The Bertz CT molecular complexity index is 1490. The van der Waals surface area contributed by atoms with Gasteiger partial charge in [0.1, 0.15) is 11.1 Å². The summed E-state index contributed by atoms with van der Waals surface area (Å²) in [7, 11) is 0. The Balaban J connectivity index is 1.54. The minimum atomic E-state index is -0.208. The molecule has 1 aliphatic carbocycles. The van der Waals surface area contributed by atoms with E-state index in [1.807, 2.05) is 55.5 Å². The fourth-order valence-electron chi connectivity index (χ4n) is 5.02. The largest absolute Gasteiger partial charge is 0.312 e. The van der Waals surface area contributed by atoms with Crippen LogP contribution in [-0.2, 0) is 12.8 Å². The number of nitrogens with zero attached hydrogens (tertiary/aromatic N) is 2. The van der Waals surface area contributed by atoms with E-state index in [9.17, 15) is 10.1 Å². The normalized spacial score (nSPS) is 15.5. The van der Waals surface area contributed by atoms with Gasteiger partial charge in [-0.3, -0.25) is 4.79 Å². The lowest BCUT2D eigenvalue weighted by atomic mass is 9.72. The first-order valence-electron chi connectivity index (χ1n) is 12.1. The number of thiophene rings is 1. The average Bonchev–Trinajstić information content (AvgIpc) is 3.18. The maximum atomic E-state index is 13.6. The molecule has 1 amide bonds. The number of fused-ring (bicyclic) bond motifs is 2. The molecule has 1 N–H and O–H groups in total. The molecular weight excluding hydrogens is 450 g/mol. The molecule has 0 radical (unpaired) electrons. The molecule has 5 heteroatoms. The number of pyridine rings is 1. The number of nitriles is 1. The third-order valence-corrected chi connectivity index (χ3v) is 8.27. The number of rotatable bonds is 3. The SMILES string of the molecule is Cc1cccc(-c2cc(C(=O)Nc3sc4c(c3C#N)CC[C@H](C(C)(C)C)C4)c3ccccc3n2)c1. The highest BCUT2D eigenvalue weighted by atomic mass is 32.1. The molecule has 0 fully saturated rings. The number of amides is 1. The third kappa shape index (κ3) is 4.47. The lowest BCUT2D eigenvalue weighted by Gasteiger charge is -2.33. The Morgan fingerprint density at radius 1 is 1.14 bits per heavy atom. The van der Waals surface area contributed by atoms with E-state index in [-0.39, 0.29) is 11.3 Å². The standard InChI is InChI=1S/C30H29N3OS/c1-18-8-7-9-19(14-18)26-16-23(21-10-5-6-11-25(21)32-26)28(34)33-29-24(17-31)22-13-12-20(30(2,3)4)15-27(22)35-29/h5-11,14,16,20H,12-13,15H2,1-4H3,(H,33,34)/t20-/m0/s1. The van der Waals surface area contributed by atoms with Crippen LogP contribution < -0.4 is 5.32 Å². The van der Waals surface area contributed by atoms with E-state index in [2.05, 4.69) is 38.2 Å². The third-order valence-electron chi connectivity index (χ3n) is 7.10. The molecule has 2 aromatic carbocycles. The summed E-state index contributed by atoms with van der Waals surface area (Å²) < 4.78 is 0. The molecule has 176 valence electrons. The zero-order valence-electron chi connectivity index (χ0n) is 20.6. The van der Waals surface area contributed by atoms with Crippen molar-refractivity contribution in [3.05, 3.63) is 81.7 Å². The van der Waals surface area contributed by atoms with Crippen molar-refractivity contribution in [1.29, 1.82) is 5.26 Å². The second-order valence-corrected chi connectivity index (χ2v) is 11.6. The van der Waals surface area contributed by atoms with Crippen LogP contribution in [0.1, 0.15) is 59.1 Å². The van der Waals surface area contributed by atoms with Crippen LogP contribution >= 0.6 is 11.3 Å². The number of carbonyl (C=O) groups excluding carboxylic acids is 1. The van der Waals surface area contributed by atoms with Gasteiger partial charge in [0, 0.05) is 15.8 Å². The topological polar surface area (TPSA) is 65.8 Å². The second-order valence-electron chi connectivity index (χ2n) is 10.5. The summed E-state index contributed by atoms with van der Waals surface area (Å²) in [5.74, 6) is 0.366. The lowest BCUT2D eigenvalue weighted by molar-refractivity contribution is 0.102. The molecule has 2 heterocycles. The highest BCUT2D eigenvalue weighted by Gasteiger charge is 2.32. The van der Waals surface area contributed by atoms with Crippen LogP contribution in [0.4, 0.5) is 5.00 Å². The second kappa shape index (κ2) is 8.94. The van der Waals surface area contributed by atoms with Crippen molar-refractivity contribution in [2.45, 2.75) is 47.0 Å². The molecule has 4 nitrogen and oxygen atoms in total. The molecule has 4 aromatic rings. The minimum absolute atomic E-state index is 0.208. The number of anilines is 1. The molecule has 0 saturated heterocycles. The van der Waals surface area contributed by atoms with E-state index in [0.717, 1.165) is 52.5 Å². The molecule has 2 aromatic heterocycles. The van der Waals surface area contributed by atoms with E-state index in [0.29, 0.717) is 22.0 Å². The molecule has 0 spiro atoms. The number of aryl methyl sites for hydroxylation is 1. The summed E-state index contributed by atoms with van der Waals surface area (Å²) in [5.41, 5.74) is 6.18. The van der Waals surface area contributed by atoms with Crippen LogP contribution in [0.25, 0.3) is 22.2 Å². The summed E-state index contributed by atoms with van der Waals surface area (Å²) in [4.78, 5) is 19.7. The van der Waals surface area contributed by atoms with E-state index in [4.69, 9.17) is 4.98 Å². The highest BCUT2D eigenvalue weighted by molar-refractivity contribution is 7.16. The molecule has 1 aliphatic rings. The molecule has 0 bridgehead atoms. The number of carbonyl (C=O) groups is 1. The van der Waals surface area contributed by atoms with Gasteiger partial charge in [0.25, 0.3) is 5.91 Å². The molecule has 0 aliphatic heterocycles. The predicted octanol–water partition coefficient (Wildman–Crippen LogP) is 7.55. The van der Waals surface area contributed by atoms with Crippen molar-refractivity contribution in [3.8, 4) is 17.3 Å². The number of para-hydroxylation sites is 1. The molecule has 0 saturated carbocycles. The van der Waals surface area contributed by atoms with Gasteiger partial charge in [-0.25, -0.2) is 4.98 Å². The van der Waals surface area contributed by atoms with Gasteiger partial charge in [0.2, 0.25) is 0 Å². The molecule has 1 atom stereocenters. The van der Waals surface area contributed by atoms with Gasteiger partial charge in [0.15, 0.2) is 0 Å². The van der Waals surface area contributed by atoms with Gasteiger partial charge in [-0.1, -0.05) is 62.7 Å². The van der Waals surface area contributed by atoms with Crippen molar-refractivity contribution >= 4 is 33.1 Å². The zero-order valence-corrected chi connectivity index (χ0v) is 21.4. The summed E-state index contributed by atoms with van der Waals surface area (Å²) >= 11 is 1.57. The van der Waals surface area contributed by atoms with E-state index in [1.165, 1.54) is 4.88 Å². The van der Waals surface area contributed by atoms with Crippen LogP contribution in [-0.4, -0.2) is 10.9 Å². The monoisotopic (exact) mass is 479 g/mol. The lowest BCUT2D eigenvalue weighted by Crippen LogP contribution is -2.26. The van der Waals surface area contributed by atoms with Crippen molar-refractivity contribution in [2.75, 3.05) is 5.32 Å². The van der Waals surface area contributed by atoms with E-state index in [1.54, 1.807) is 11.3 Å². The van der Waals surface area contributed by atoms with Crippen LogP contribution in [0.5, 0.6) is 0 Å². The smallest absolute Gasteiger partial charge is 0.257 e. The van der Waals surface area contributed by atoms with Gasteiger partial charge in [-0.05, 0) is 61.3 Å². The van der Waals surface area contributed by atoms with E-state index >= 15 is 0 Å². The average molecular weight is 480 g/mol. The van der Waals surface area contributed by atoms with Crippen molar-refractivity contribution in [2.24, 2.45) is 11.3 Å². The van der Waals surface area contributed by atoms with Crippen molar-refractivity contribution in [3.63, 3.8) is 0 Å². The number of hydrogen-bond acceptors (Lipinski definition) is 4. The van der Waals surface area contributed by atoms with E-state index < -0.39 is 0 Å². The van der Waals surface area contributed by atoms with Crippen molar-refractivity contribution < 1.29 is 4.79 Å². The summed E-state index contributed by atoms with van der Waals surface area (Å²) in [6.07, 6.45) is 2.93. The van der Waals surface area contributed by atoms with Crippen molar-refractivity contribution in [1.82, 2.24) is 4.98 Å². The summed E-state index contributed by atoms with van der Waals surface area (Å²) in [6, 6.07) is 20.1. The molecule has 35 heavy (non-hydrogen) atoms. The quantitative estimate of drug-likeness (QED) is 0.330. The molecule has 5 rings (SSSR count). The summed E-state index contributed by atoms with van der Waals surface area (Å²) in [6.45, 7) is 8.89. The maximum Gasteiger partial charge on any atom is 0.257 e. The number of nitrogens with one attached hydrogen (secondary N) is 1. The number of benzene rings is 2. The van der Waals surface area contributed by atoms with Gasteiger partial charge < -0.3 is 5.32 Å². The molecule has 0 unspecified atom stereocenters. The Hall–Kier alpha value is -3.49.